The van der Waals surface area contributed by atoms with Gasteiger partial charge in [-0.3, -0.25) is 9.59 Å². The third-order valence-corrected chi connectivity index (χ3v) is 4.12. The van der Waals surface area contributed by atoms with Gasteiger partial charge >= 0.3 is 0 Å². The highest BCUT2D eigenvalue weighted by molar-refractivity contribution is 5.90. The van der Waals surface area contributed by atoms with E-state index < -0.39 is 0 Å². The van der Waals surface area contributed by atoms with Crippen LogP contribution in [0.3, 0.4) is 0 Å². The predicted octanol–water partition coefficient (Wildman–Crippen LogP) is 1.30. The normalized spacial score (nSPS) is 34.7. The molecular weight excluding hydrogens is 216 g/mol. The van der Waals surface area contributed by atoms with E-state index in [4.69, 9.17) is 0 Å². The molecular formula is C13H22N2O2. The molecule has 1 N–H and O–H groups in total. The maximum absolute atomic E-state index is 12.4. The summed E-state index contributed by atoms with van der Waals surface area (Å²) in [6.45, 7) is 4.76. The lowest BCUT2D eigenvalue weighted by Gasteiger charge is -2.32. The largest absolute Gasteiger partial charge is 0.344 e. The molecule has 3 atom stereocenters. The van der Waals surface area contributed by atoms with Gasteiger partial charge in [0, 0.05) is 19.0 Å². The predicted molar refractivity (Wildman–Crippen MR) is 65.4 cm³/mol. The van der Waals surface area contributed by atoms with Crippen molar-refractivity contribution in [2.75, 3.05) is 6.54 Å². The van der Waals surface area contributed by atoms with E-state index in [1.165, 1.54) is 12.8 Å². The van der Waals surface area contributed by atoms with Gasteiger partial charge in [-0.05, 0) is 25.2 Å². The van der Waals surface area contributed by atoms with Crippen molar-refractivity contribution in [2.24, 2.45) is 5.92 Å². The molecule has 17 heavy (non-hydrogen) atoms. The molecule has 0 radical (unpaired) electrons. The molecule has 2 amide bonds. The van der Waals surface area contributed by atoms with E-state index in [2.05, 4.69) is 12.2 Å². The second kappa shape index (κ2) is 5.07. The summed E-state index contributed by atoms with van der Waals surface area (Å²) in [4.78, 5) is 25.9. The zero-order valence-electron chi connectivity index (χ0n) is 10.7. The Bertz CT molecular complexity index is 317. The molecule has 2 rings (SSSR count). The smallest absolute Gasteiger partial charge is 0.245 e. The van der Waals surface area contributed by atoms with Crippen molar-refractivity contribution in [1.29, 1.82) is 0 Å². The average molecular weight is 238 g/mol. The first-order valence-corrected chi connectivity index (χ1v) is 6.73. The molecule has 1 aliphatic heterocycles. The Kier molecular flexibility index (Phi) is 3.69. The van der Waals surface area contributed by atoms with Gasteiger partial charge < -0.3 is 10.2 Å². The maximum Gasteiger partial charge on any atom is 0.245 e. The molecule has 1 aliphatic carbocycles. The van der Waals surface area contributed by atoms with Crippen molar-refractivity contribution in [1.82, 2.24) is 10.2 Å². The molecule has 3 unspecified atom stereocenters. The van der Waals surface area contributed by atoms with Crippen molar-refractivity contribution < 1.29 is 9.59 Å². The van der Waals surface area contributed by atoms with Gasteiger partial charge in [-0.15, -0.1) is 0 Å². The number of carbonyl (C=O) groups excluding carboxylic acids is 2. The van der Waals surface area contributed by atoms with Crippen LogP contribution in [-0.4, -0.2) is 35.3 Å². The number of nitrogens with zero attached hydrogens (tertiary/aromatic N) is 1. The third kappa shape index (κ3) is 2.45. The lowest BCUT2D eigenvalue weighted by atomic mass is 10.0. The third-order valence-electron chi connectivity index (χ3n) is 4.12. The molecule has 4 heteroatoms. The van der Waals surface area contributed by atoms with Crippen LogP contribution >= 0.6 is 0 Å². The first-order valence-electron chi connectivity index (χ1n) is 6.73. The van der Waals surface area contributed by atoms with E-state index in [0.717, 1.165) is 6.42 Å². The summed E-state index contributed by atoms with van der Waals surface area (Å²) in [5.74, 6) is 0.708. The van der Waals surface area contributed by atoms with Gasteiger partial charge in [-0.2, -0.15) is 0 Å². The van der Waals surface area contributed by atoms with Crippen LogP contribution in [0.15, 0.2) is 0 Å². The molecule has 0 bridgehead atoms. The maximum atomic E-state index is 12.4. The SMILES string of the molecule is CCC1NC(=O)CCN(C2CCCC2C)C1=O. The molecule has 2 aliphatic rings. The fourth-order valence-electron chi connectivity index (χ4n) is 3.06. The monoisotopic (exact) mass is 238 g/mol. The lowest BCUT2D eigenvalue weighted by Crippen LogP contribution is -2.48. The van der Waals surface area contributed by atoms with Crippen LogP contribution in [0.4, 0.5) is 0 Å². The minimum absolute atomic E-state index is 0.0124. The van der Waals surface area contributed by atoms with E-state index in [9.17, 15) is 9.59 Å². The highest BCUT2D eigenvalue weighted by Gasteiger charge is 2.36. The van der Waals surface area contributed by atoms with Crippen molar-refractivity contribution in [3.8, 4) is 0 Å². The van der Waals surface area contributed by atoms with Crippen LogP contribution in [0.5, 0.6) is 0 Å². The highest BCUT2D eigenvalue weighted by atomic mass is 16.2. The molecule has 4 nitrogen and oxygen atoms in total. The molecule has 0 aromatic heterocycles. The minimum Gasteiger partial charge on any atom is -0.344 e. The highest BCUT2D eigenvalue weighted by Crippen LogP contribution is 2.30. The average Bonchev–Trinajstić information content (AvgIpc) is 2.66. The standard InChI is InChI=1S/C13H22N2O2/c1-3-10-13(17)15(8-7-12(16)14-10)11-6-4-5-9(11)2/h9-11H,3-8H2,1-2H3,(H,14,16). The Hall–Kier alpha value is -1.06. The van der Waals surface area contributed by atoms with E-state index in [1.807, 2.05) is 11.8 Å². The van der Waals surface area contributed by atoms with Crippen LogP contribution in [0.25, 0.3) is 0 Å². The van der Waals surface area contributed by atoms with Crippen molar-refractivity contribution in [2.45, 2.75) is 58.0 Å². The quantitative estimate of drug-likeness (QED) is 0.788. The van der Waals surface area contributed by atoms with Gasteiger partial charge in [0.05, 0.1) is 0 Å². The van der Waals surface area contributed by atoms with E-state index >= 15 is 0 Å². The molecule has 96 valence electrons. The summed E-state index contributed by atoms with van der Waals surface area (Å²) in [5.41, 5.74) is 0. The second-order valence-corrected chi connectivity index (χ2v) is 5.29. The summed E-state index contributed by atoms with van der Waals surface area (Å²) < 4.78 is 0. The molecule has 0 aromatic carbocycles. The fourth-order valence-corrected chi connectivity index (χ4v) is 3.06. The number of amides is 2. The minimum atomic E-state index is -0.308. The molecule has 0 aromatic rings. The number of rotatable bonds is 2. The molecule has 2 fully saturated rings. The van der Waals surface area contributed by atoms with Crippen LogP contribution in [0, 0.1) is 5.92 Å². The van der Waals surface area contributed by atoms with Gasteiger partial charge in [-0.1, -0.05) is 20.3 Å². The molecule has 1 heterocycles. The van der Waals surface area contributed by atoms with Crippen LogP contribution in [0.1, 0.15) is 46.0 Å². The molecule has 0 spiro atoms. The van der Waals surface area contributed by atoms with Crippen molar-refractivity contribution in [3.05, 3.63) is 0 Å². The van der Waals surface area contributed by atoms with Gasteiger partial charge in [0.15, 0.2) is 0 Å². The zero-order chi connectivity index (χ0) is 12.4. The summed E-state index contributed by atoms with van der Waals surface area (Å²) in [6.07, 6.45) is 4.63. The number of hydrogen-bond donors (Lipinski definition) is 1. The Labute approximate surface area is 103 Å². The molecule has 1 saturated carbocycles. The van der Waals surface area contributed by atoms with Gasteiger partial charge in [-0.25, -0.2) is 0 Å². The van der Waals surface area contributed by atoms with E-state index in [-0.39, 0.29) is 17.9 Å². The first-order chi connectivity index (χ1) is 8.13. The van der Waals surface area contributed by atoms with Gasteiger partial charge in [0.2, 0.25) is 11.8 Å². The Morgan fingerprint density at radius 3 is 2.71 bits per heavy atom. The van der Waals surface area contributed by atoms with Gasteiger partial charge in [0.25, 0.3) is 0 Å². The van der Waals surface area contributed by atoms with E-state index in [1.54, 1.807) is 0 Å². The Morgan fingerprint density at radius 1 is 1.35 bits per heavy atom. The van der Waals surface area contributed by atoms with Crippen molar-refractivity contribution in [3.63, 3.8) is 0 Å². The summed E-state index contributed by atoms with van der Waals surface area (Å²) in [6, 6.07) is 0.0436. The van der Waals surface area contributed by atoms with Crippen LogP contribution < -0.4 is 5.32 Å². The second-order valence-electron chi connectivity index (χ2n) is 5.29. The number of hydrogen-bond acceptors (Lipinski definition) is 2. The van der Waals surface area contributed by atoms with Crippen LogP contribution in [0.2, 0.25) is 0 Å². The number of nitrogens with one attached hydrogen (secondary N) is 1. The summed E-state index contributed by atoms with van der Waals surface area (Å²) in [5, 5.41) is 2.82. The topological polar surface area (TPSA) is 49.4 Å². The first kappa shape index (κ1) is 12.4. The van der Waals surface area contributed by atoms with Crippen LogP contribution in [-0.2, 0) is 9.59 Å². The fraction of sp³-hybridized carbons (Fsp3) is 0.846. The Morgan fingerprint density at radius 2 is 2.12 bits per heavy atom. The summed E-state index contributed by atoms with van der Waals surface area (Å²) >= 11 is 0. The van der Waals surface area contributed by atoms with Crippen molar-refractivity contribution >= 4 is 11.8 Å². The summed E-state index contributed by atoms with van der Waals surface area (Å²) in [7, 11) is 0. The molecule has 1 saturated heterocycles. The van der Waals surface area contributed by atoms with E-state index in [0.29, 0.717) is 31.3 Å². The van der Waals surface area contributed by atoms with Gasteiger partial charge in [0.1, 0.15) is 6.04 Å². The lowest BCUT2D eigenvalue weighted by molar-refractivity contribution is -0.136. The number of carbonyl (C=O) groups is 2. The zero-order valence-corrected chi connectivity index (χ0v) is 10.7. The Balaban J connectivity index is 2.14.